The fourth-order valence-corrected chi connectivity index (χ4v) is 2.46. The van der Waals surface area contributed by atoms with Crippen LogP contribution in [0.25, 0.3) is 0 Å². The van der Waals surface area contributed by atoms with Gasteiger partial charge in [0.2, 0.25) is 0 Å². The van der Waals surface area contributed by atoms with Crippen molar-refractivity contribution in [1.82, 2.24) is 0 Å². The summed E-state index contributed by atoms with van der Waals surface area (Å²) in [7, 11) is 1.40. The molecule has 1 aromatic rings. The minimum Gasteiger partial charge on any atom is -0.490 e. The van der Waals surface area contributed by atoms with Gasteiger partial charge in [-0.3, -0.25) is 4.79 Å². The Bertz CT molecular complexity index is 442. The van der Waals surface area contributed by atoms with E-state index in [0.29, 0.717) is 6.42 Å². The number of hydrogen-bond donors (Lipinski definition) is 1. The maximum absolute atomic E-state index is 11.4. The minimum absolute atomic E-state index is 0.174. The fraction of sp³-hybridized carbons (Fsp3) is 0.533. The van der Waals surface area contributed by atoms with Gasteiger partial charge in [0, 0.05) is 6.61 Å². The zero-order chi connectivity index (χ0) is 13.7. The van der Waals surface area contributed by atoms with Crippen LogP contribution in [0.15, 0.2) is 18.2 Å². The van der Waals surface area contributed by atoms with Crippen molar-refractivity contribution in [2.45, 2.75) is 38.2 Å². The highest BCUT2D eigenvalue weighted by atomic mass is 16.5. The number of ether oxygens (including phenoxy) is 2. The van der Waals surface area contributed by atoms with Crippen LogP contribution in [-0.4, -0.2) is 30.9 Å². The molecule has 0 saturated carbocycles. The molecule has 0 fully saturated rings. The first-order valence-electron chi connectivity index (χ1n) is 6.69. The topological polar surface area (TPSA) is 55.8 Å². The molecule has 0 saturated heterocycles. The molecule has 104 valence electrons. The number of carbonyl (C=O) groups excluding carboxylic acids is 1. The highest BCUT2D eigenvalue weighted by Gasteiger charge is 2.22. The van der Waals surface area contributed by atoms with Crippen molar-refractivity contribution in [1.29, 1.82) is 0 Å². The van der Waals surface area contributed by atoms with E-state index >= 15 is 0 Å². The van der Waals surface area contributed by atoms with Crippen LogP contribution < -0.4 is 4.74 Å². The summed E-state index contributed by atoms with van der Waals surface area (Å²) in [5.74, 6) is 0.645. The zero-order valence-corrected chi connectivity index (χ0v) is 11.2. The van der Waals surface area contributed by atoms with Crippen molar-refractivity contribution >= 4 is 5.97 Å². The lowest BCUT2D eigenvalue weighted by Crippen LogP contribution is -2.24. The van der Waals surface area contributed by atoms with Crippen LogP contribution in [-0.2, 0) is 22.4 Å². The first-order valence-corrected chi connectivity index (χ1v) is 6.69. The molecule has 1 N–H and O–H groups in total. The molecule has 2 rings (SSSR count). The van der Waals surface area contributed by atoms with Gasteiger partial charge in [-0.1, -0.05) is 12.1 Å². The maximum Gasteiger partial charge on any atom is 0.309 e. The molecule has 1 aliphatic rings. The number of benzene rings is 1. The third-order valence-corrected chi connectivity index (χ3v) is 3.49. The standard InChI is InChI=1S/C15H20O4/c1-18-15(17)10-11-4-2-6-14-13(11)8-7-12(19-14)5-3-9-16/h2,4,6,12,16H,3,5,7-10H2,1H3/t12-/m1/s1. The first-order chi connectivity index (χ1) is 9.24. The van der Waals surface area contributed by atoms with E-state index in [-0.39, 0.29) is 18.7 Å². The quantitative estimate of drug-likeness (QED) is 0.825. The number of fused-ring (bicyclic) bond motifs is 1. The van der Waals surface area contributed by atoms with Crippen LogP contribution in [0, 0.1) is 0 Å². The minimum atomic E-state index is -0.226. The van der Waals surface area contributed by atoms with Crippen molar-refractivity contribution in [2.24, 2.45) is 0 Å². The molecule has 0 bridgehead atoms. The lowest BCUT2D eigenvalue weighted by atomic mass is 9.94. The van der Waals surface area contributed by atoms with Crippen molar-refractivity contribution in [3.63, 3.8) is 0 Å². The Labute approximate surface area is 113 Å². The molecule has 19 heavy (non-hydrogen) atoms. The van der Waals surface area contributed by atoms with E-state index in [1.54, 1.807) is 0 Å². The summed E-state index contributed by atoms with van der Waals surface area (Å²) in [4.78, 5) is 11.4. The van der Waals surface area contributed by atoms with Crippen LogP contribution >= 0.6 is 0 Å². The van der Waals surface area contributed by atoms with Gasteiger partial charge >= 0.3 is 5.97 Å². The normalized spacial score (nSPS) is 17.5. The third kappa shape index (κ3) is 3.47. The lowest BCUT2D eigenvalue weighted by molar-refractivity contribution is -0.139. The van der Waals surface area contributed by atoms with Gasteiger partial charge in [0.1, 0.15) is 5.75 Å². The Morgan fingerprint density at radius 2 is 2.37 bits per heavy atom. The molecule has 4 nitrogen and oxygen atoms in total. The van der Waals surface area contributed by atoms with Gasteiger partial charge in [-0.2, -0.15) is 0 Å². The number of methoxy groups -OCH3 is 1. The van der Waals surface area contributed by atoms with Crippen LogP contribution in [0.3, 0.4) is 0 Å². The average molecular weight is 264 g/mol. The molecule has 0 aliphatic carbocycles. The van der Waals surface area contributed by atoms with Gasteiger partial charge in [0.15, 0.2) is 0 Å². The molecule has 0 unspecified atom stereocenters. The summed E-state index contributed by atoms with van der Waals surface area (Å²) in [6, 6.07) is 5.81. The predicted molar refractivity (Wildman–Crippen MR) is 71.2 cm³/mol. The maximum atomic E-state index is 11.4. The summed E-state index contributed by atoms with van der Waals surface area (Å²) < 4.78 is 10.6. The van der Waals surface area contributed by atoms with Crippen molar-refractivity contribution in [3.8, 4) is 5.75 Å². The Kier molecular flexibility index (Phi) is 4.80. The van der Waals surface area contributed by atoms with E-state index in [0.717, 1.165) is 42.6 Å². The molecular formula is C15H20O4. The monoisotopic (exact) mass is 264 g/mol. The summed E-state index contributed by atoms with van der Waals surface area (Å²) in [5, 5.41) is 8.86. The molecule has 0 amide bonds. The van der Waals surface area contributed by atoms with E-state index in [4.69, 9.17) is 14.6 Å². The Morgan fingerprint density at radius 3 is 3.11 bits per heavy atom. The lowest BCUT2D eigenvalue weighted by Gasteiger charge is -2.27. The molecule has 1 aliphatic heterocycles. The van der Waals surface area contributed by atoms with Crippen molar-refractivity contribution in [3.05, 3.63) is 29.3 Å². The number of rotatable bonds is 5. The van der Waals surface area contributed by atoms with Crippen molar-refractivity contribution < 1.29 is 19.4 Å². The smallest absolute Gasteiger partial charge is 0.309 e. The number of esters is 1. The third-order valence-electron chi connectivity index (χ3n) is 3.49. The number of carbonyl (C=O) groups is 1. The van der Waals surface area contributed by atoms with Gasteiger partial charge in [-0.15, -0.1) is 0 Å². The Balaban J connectivity index is 2.09. The second-order valence-electron chi connectivity index (χ2n) is 4.79. The second-order valence-corrected chi connectivity index (χ2v) is 4.79. The molecule has 0 radical (unpaired) electrons. The number of aliphatic hydroxyl groups excluding tert-OH is 1. The van der Waals surface area contributed by atoms with Crippen LogP contribution in [0.2, 0.25) is 0 Å². The van der Waals surface area contributed by atoms with Gasteiger partial charge in [-0.05, 0) is 42.9 Å². The molecule has 0 aromatic heterocycles. The number of aliphatic hydroxyl groups is 1. The van der Waals surface area contributed by atoms with Crippen molar-refractivity contribution in [2.75, 3.05) is 13.7 Å². The summed E-state index contributed by atoms with van der Waals surface area (Å²) in [6.45, 7) is 0.203. The molecule has 4 heteroatoms. The fourth-order valence-electron chi connectivity index (χ4n) is 2.46. The van der Waals surface area contributed by atoms with Crippen LogP contribution in [0.1, 0.15) is 30.4 Å². The van der Waals surface area contributed by atoms with Gasteiger partial charge < -0.3 is 14.6 Å². The van der Waals surface area contributed by atoms with E-state index in [9.17, 15) is 4.79 Å². The summed E-state index contributed by atoms with van der Waals surface area (Å²) in [5.41, 5.74) is 2.11. The number of hydrogen-bond acceptors (Lipinski definition) is 4. The SMILES string of the molecule is COC(=O)Cc1cccc2c1CC[C@@H](CCCO)O2. The molecule has 1 aromatic carbocycles. The van der Waals surface area contributed by atoms with E-state index in [1.165, 1.54) is 7.11 Å². The summed E-state index contributed by atoms with van der Waals surface area (Å²) in [6.07, 6.45) is 3.96. The van der Waals surface area contributed by atoms with E-state index in [2.05, 4.69) is 0 Å². The Hall–Kier alpha value is -1.55. The molecule has 0 spiro atoms. The largest absolute Gasteiger partial charge is 0.490 e. The first kappa shape index (κ1) is 13.9. The highest BCUT2D eigenvalue weighted by Crippen LogP contribution is 2.31. The Morgan fingerprint density at radius 1 is 1.53 bits per heavy atom. The van der Waals surface area contributed by atoms with Gasteiger partial charge in [0.25, 0.3) is 0 Å². The van der Waals surface area contributed by atoms with E-state index < -0.39 is 0 Å². The molecule has 1 heterocycles. The molecule has 1 atom stereocenters. The van der Waals surface area contributed by atoms with Gasteiger partial charge in [-0.25, -0.2) is 0 Å². The summed E-state index contributed by atoms with van der Waals surface area (Å²) >= 11 is 0. The second kappa shape index (κ2) is 6.57. The van der Waals surface area contributed by atoms with Crippen LogP contribution in [0.4, 0.5) is 0 Å². The van der Waals surface area contributed by atoms with Crippen LogP contribution in [0.5, 0.6) is 5.75 Å². The predicted octanol–water partition coefficient (Wildman–Crippen LogP) is 1.87. The van der Waals surface area contributed by atoms with Gasteiger partial charge in [0.05, 0.1) is 19.6 Å². The highest BCUT2D eigenvalue weighted by molar-refractivity contribution is 5.73. The zero-order valence-electron chi connectivity index (χ0n) is 11.2. The average Bonchev–Trinajstić information content (AvgIpc) is 2.45. The molecular weight excluding hydrogens is 244 g/mol. The van der Waals surface area contributed by atoms with E-state index in [1.807, 2.05) is 18.2 Å².